The van der Waals surface area contributed by atoms with Crippen LogP contribution in [0.4, 0.5) is 0 Å². The molecule has 0 fully saturated rings. The second-order valence-electron chi connectivity index (χ2n) is 5.29. The fourth-order valence-corrected chi connectivity index (χ4v) is 3.11. The minimum absolute atomic E-state index is 0.344. The van der Waals surface area contributed by atoms with Crippen molar-refractivity contribution in [3.05, 3.63) is 80.9 Å². The van der Waals surface area contributed by atoms with Gasteiger partial charge < -0.3 is 5.11 Å². The molecule has 0 aromatic heterocycles. The number of benzene rings is 2. The van der Waals surface area contributed by atoms with Crippen LogP contribution in [-0.4, -0.2) is 16.0 Å². The highest BCUT2D eigenvalue weighted by Crippen LogP contribution is 2.34. The Bertz CT molecular complexity index is 791. The third-order valence-electron chi connectivity index (χ3n) is 3.62. The molecule has 0 spiro atoms. The number of nitrogens with one attached hydrogen (secondary N) is 1. The molecule has 2 aromatic carbocycles. The molecular formula is C17H14BrClN2O2. The molecule has 0 bridgehead atoms. The van der Waals surface area contributed by atoms with E-state index in [0.29, 0.717) is 26.3 Å². The van der Waals surface area contributed by atoms with Gasteiger partial charge in [0.05, 0.1) is 5.56 Å². The standard InChI is InChI=1S/C17H14BrClN2O2/c1-11-10-17(23,12-6-8-13(19)9-7-12)21(20-11)16(22)14-4-2-3-5-15(14)18/h2-10,20,23H,1H3. The minimum atomic E-state index is -1.58. The zero-order valence-electron chi connectivity index (χ0n) is 12.3. The summed E-state index contributed by atoms with van der Waals surface area (Å²) in [5, 5.41) is 12.9. The van der Waals surface area contributed by atoms with Crippen molar-refractivity contribution in [3.63, 3.8) is 0 Å². The lowest BCUT2D eigenvalue weighted by molar-refractivity contribution is -0.0603. The summed E-state index contributed by atoms with van der Waals surface area (Å²) >= 11 is 9.28. The van der Waals surface area contributed by atoms with Gasteiger partial charge in [0, 0.05) is 20.8 Å². The van der Waals surface area contributed by atoms with Gasteiger partial charge in [0.25, 0.3) is 5.91 Å². The number of amides is 1. The molecule has 1 amide bonds. The summed E-state index contributed by atoms with van der Waals surface area (Å²) in [6, 6.07) is 13.8. The average molecular weight is 394 g/mol. The molecule has 0 saturated carbocycles. The second-order valence-corrected chi connectivity index (χ2v) is 6.58. The minimum Gasteiger partial charge on any atom is -0.362 e. The average Bonchev–Trinajstić information content (AvgIpc) is 2.83. The fourth-order valence-electron chi connectivity index (χ4n) is 2.53. The van der Waals surface area contributed by atoms with Crippen LogP contribution in [0.25, 0.3) is 0 Å². The number of aliphatic hydroxyl groups is 1. The Morgan fingerprint density at radius 3 is 2.52 bits per heavy atom. The Morgan fingerprint density at radius 1 is 1.22 bits per heavy atom. The number of rotatable bonds is 2. The maximum Gasteiger partial charge on any atom is 0.276 e. The normalized spacial score (nSPS) is 20.2. The number of hydrazine groups is 1. The number of nitrogens with zero attached hydrogens (tertiary/aromatic N) is 1. The summed E-state index contributed by atoms with van der Waals surface area (Å²) in [5.41, 5.74) is 3.03. The van der Waals surface area contributed by atoms with Gasteiger partial charge >= 0.3 is 0 Å². The van der Waals surface area contributed by atoms with Crippen LogP contribution in [0.1, 0.15) is 22.8 Å². The molecule has 3 rings (SSSR count). The molecule has 4 nitrogen and oxygen atoms in total. The van der Waals surface area contributed by atoms with E-state index < -0.39 is 5.72 Å². The van der Waals surface area contributed by atoms with Gasteiger partial charge in [-0.2, -0.15) is 0 Å². The van der Waals surface area contributed by atoms with E-state index in [2.05, 4.69) is 21.4 Å². The summed E-state index contributed by atoms with van der Waals surface area (Å²) in [5.74, 6) is -0.344. The van der Waals surface area contributed by atoms with E-state index in [-0.39, 0.29) is 5.91 Å². The summed E-state index contributed by atoms with van der Waals surface area (Å²) in [4.78, 5) is 12.9. The number of carbonyl (C=O) groups excluding carboxylic acids is 1. The van der Waals surface area contributed by atoms with Crippen molar-refractivity contribution >= 4 is 33.4 Å². The molecule has 0 aliphatic carbocycles. The summed E-state index contributed by atoms with van der Waals surface area (Å²) in [6.07, 6.45) is 1.60. The monoisotopic (exact) mass is 392 g/mol. The lowest BCUT2D eigenvalue weighted by atomic mass is 10.0. The number of allylic oxidation sites excluding steroid dienone is 1. The molecule has 6 heteroatoms. The van der Waals surface area contributed by atoms with E-state index >= 15 is 0 Å². The predicted molar refractivity (Wildman–Crippen MR) is 92.6 cm³/mol. The molecule has 0 radical (unpaired) electrons. The van der Waals surface area contributed by atoms with Crippen molar-refractivity contribution < 1.29 is 9.90 Å². The van der Waals surface area contributed by atoms with Gasteiger partial charge in [-0.05, 0) is 53.2 Å². The van der Waals surface area contributed by atoms with Crippen LogP contribution in [0.15, 0.2) is 64.8 Å². The third kappa shape index (κ3) is 2.87. The fraction of sp³-hybridized carbons (Fsp3) is 0.118. The molecule has 23 heavy (non-hydrogen) atoms. The summed E-state index contributed by atoms with van der Waals surface area (Å²) in [7, 11) is 0. The number of hydrogen-bond donors (Lipinski definition) is 2. The molecule has 1 heterocycles. The molecule has 118 valence electrons. The van der Waals surface area contributed by atoms with Gasteiger partial charge in [-0.25, -0.2) is 5.01 Å². The number of carbonyl (C=O) groups is 1. The van der Waals surface area contributed by atoms with Gasteiger partial charge in [-0.1, -0.05) is 35.9 Å². The van der Waals surface area contributed by atoms with Crippen LogP contribution in [-0.2, 0) is 5.72 Å². The molecule has 1 aliphatic heterocycles. The molecule has 2 aromatic rings. The molecule has 2 N–H and O–H groups in total. The Balaban J connectivity index is 2.03. The van der Waals surface area contributed by atoms with E-state index in [9.17, 15) is 9.90 Å². The van der Waals surface area contributed by atoms with E-state index in [1.165, 1.54) is 5.01 Å². The van der Waals surface area contributed by atoms with Crippen LogP contribution >= 0.6 is 27.5 Å². The molecule has 1 unspecified atom stereocenters. The SMILES string of the molecule is CC1=CC(O)(c2ccc(Cl)cc2)N(C(=O)c2ccccc2Br)N1. The molecule has 0 saturated heterocycles. The van der Waals surface area contributed by atoms with Crippen LogP contribution in [0.5, 0.6) is 0 Å². The quantitative estimate of drug-likeness (QED) is 0.816. The molecule has 1 aliphatic rings. The summed E-state index contributed by atoms with van der Waals surface area (Å²) in [6.45, 7) is 1.79. The maximum absolute atomic E-state index is 12.9. The highest BCUT2D eigenvalue weighted by atomic mass is 79.9. The molecule has 1 atom stereocenters. The highest BCUT2D eigenvalue weighted by molar-refractivity contribution is 9.10. The summed E-state index contributed by atoms with van der Waals surface area (Å²) < 4.78 is 0.662. The Hall–Kier alpha value is -1.82. The largest absolute Gasteiger partial charge is 0.362 e. The van der Waals surface area contributed by atoms with Crippen molar-refractivity contribution in [2.24, 2.45) is 0 Å². The van der Waals surface area contributed by atoms with Gasteiger partial charge in [0.1, 0.15) is 0 Å². The van der Waals surface area contributed by atoms with Crippen LogP contribution in [0.3, 0.4) is 0 Å². The number of hydrogen-bond acceptors (Lipinski definition) is 3. The lowest BCUT2D eigenvalue weighted by Gasteiger charge is -2.33. The lowest BCUT2D eigenvalue weighted by Crippen LogP contribution is -2.50. The Kier molecular flexibility index (Phi) is 4.19. The number of halogens is 2. The van der Waals surface area contributed by atoms with Gasteiger partial charge in [-0.3, -0.25) is 10.2 Å². The van der Waals surface area contributed by atoms with Crippen molar-refractivity contribution in [3.8, 4) is 0 Å². The Morgan fingerprint density at radius 2 is 1.87 bits per heavy atom. The van der Waals surface area contributed by atoms with E-state index in [4.69, 9.17) is 11.6 Å². The van der Waals surface area contributed by atoms with Crippen LogP contribution < -0.4 is 5.43 Å². The van der Waals surface area contributed by atoms with Crippen molar-refractivity contribution in [2.75, 3.05) is 0 Å². The van der Waals surface area contributed by atoms with Crippen molar-refractivity contribution in [1.29, 1.82) is 0 Å². The first-order chi connectivity index (χ1) is 10.9. The van der Waals surface area contributed by atoms with Gasteiger partial charge in [-0.15, -0.1) is 0 Å². The van der Waals surface area contributed by atoms with E-state index in [1.54, 1.807) is 55.5 Å². The highest BCUT2D eigenvalue weighted by Gasteiger charge is 2.43. The molecular weight excluding hydrogens is 380 g/mol. The van der Waals surface area contributed by atoms with E-state index in [1.807, 2.05) is 6.07 Å². The first-order valence-corrected chi connectivity index (χ1v) is 8.12. The predicted octanol–water partition coefficient (Wildman–Crippen LogP) is 3.81. The van der Waals surface area contributed by atoms with E-state index in [0.717, 1.165) is 0 Å². The topological polar surface area (TPSA) is 52.6 Å². The first-order valence-electron chi connectivity index (χ1n) is 6.95. The zero-order chi connectivity index (χ0) is 16.6. The third-order valence-corrected chi connectivity index (χ3v) is 4.57. The van der Waals surface area contributed by atoms with Crippen molar-refractivity contribution in [2.45, 2.75) is 12.6 Å². The first kappa shape index (κ1) is 16.1. The smallest absolute Gasteiger partial charge is 0.276 e. The maximum atomic E-state index is 12.9. The van der Waals surface area contributed by atoms with Crippen LogP contribution in [0.2, 0.25) is 5.02 Å². The van der Waals surface area contributed by atoms with Gasteiger partial charge in [0.15, 0.2) is 0 Å². The van der Waals surface area contributed by atoms with Crippen molar-refractivity contribution in [1.82, 2.24) is 10.4 Å². The van der Waals surface area contributed by atoms with Crippen LogP contribution in [0, 0.1) is 0 Å². The Labute approximate surface area is 147 Å². The zero-order valence-corrected chi connectivity index (χ0v) is 14.6. The second kappa shape index (κ2) is 6.00. The van der Waals surface area contributed by atoms with Gasteiger partial charge in [0.2, 0.25) is 5.72 Å².